The maximum Gasteiger partial charge on any atom is 0.164 e. The predicted molar refractivity (Wildman–Crippen MR) is 251 cm³/mol. The lowest BCUT2D eigenvalue weighted by Gasteiger charge is -2.12. The van der Waals surface area contributed by atoms with E-state index >= 15 is 0 Å². The van der Waals surface area contributed by atoms with E-state index in [2.05, 4.69) is 38.8 Å². The van der Waals surface area contributed by atoms with Gasteiger partial charge in [-0.1, -0.05) is 121 Å². The molecule has 0 N–H and O–H groups in total. The van der Waals surface area contributed by atoms with Crippen molar-refractivity contribution in [3.05, 3.63) is 199 Å². The zero-order chi connectivity index (χ0) is 43.7. The van der Waals surface area contributed by atoms with Gasteiger partial charge in [0.25, 0.3) is 0 Å². The number of benzene rings is 7. The molecule has 11 aromatic rings. The number of nitrogens with zero attached hydrogens (tertiary/aromatic N) is 11. The molecule has 0 amide bonds. The minimum Gasteiger partial charge on any atom is -0.308 e. The SMILES string of the molecule is N#Cc1cnc(-c2ccc(-n3c4ccc(-c5nc(-c6ccccc6)nc(-c6ccccc6)n5)cc4c4cc(-c5nc(-c6ccccc6)nc(-c6ccccc6)n5)ccc43)c(C#N)c2)nc1. The maximum absolute atomic E-state index is 10.7. The van der Waals surface area contributed by atoms with Crippen molar-refractivity contribution in [2.45, 2.75) is 0 Å². The van der Waals surface area contributed by atoms with Crippen LogP contribution < -0.4 is 0 Å². The Morgan fingerprint density at radius 1 is 0.338 bits per heavy atom. The van der Waals surface area contributed by atoms with Crippen molar-refractivity contribution in [2.75, 3.05) is 0 Å². The lowest BCUT2D eigenvalue weighted by atomic mass is 10.1. The smallest absolute Gasteiger partial charge is 0.164 e. The van der Waals surface area contributed by atoms with Gasteiger partial charge in [0.05, 0.1) is 27.8 Å². The molecule has 11 nitrogen and oxygen atoms in total. The third-order valence-corrected chi connectivity index (χ3v) is 11.1. The van der Waals surface area contributed by atoms with E-state index in [-0.39, 0.29) is 0 Å². The molecule has 0 saturated carbocycles. The molecule has 0 spiro atoms. The summed E-state index contributed by atoms with van der Waals surface area (Å²) in [6.07, 6.45) is 2.95. The second-order valence-corrected chi connectivity index (χ2v) is 15.1. The standard InChI is InChI=1S/C54H31N11/c55-30-34-32-57-48(58-33-34)39-21-24-45(42(27-39)31-56)65-46-25-22-40(53-61-49(35-13-5-1-6-14-35)59-50(62-53)36-15-7-2-8-16-36)28-43(46)44-29-41(23-26-47(44)65)54-63-51(37-17-9-3-10-18-37)60-52(64-54)38-19-11-4-12-20-38/h1-29,32-33H. The van der Waals surface area contributed by atoms with Crippen LogP contribution in [-0.2, 0) is 0 Å². The van der Waals surface area contributed by atoms with Gasteiger partial charge in [-0.25, -0.2) is 39.9 Å². The average Bonchev–Trinajstić information content (AvgIpc) is 3.72. The lowest BCUT2D eigenvalue weighted by Crippen LogP contribution is -2.01. The Labute approximate surface area is 372 Å². The normalized spacial score (nSPS) is 11.0. The van der Waals surface area contributed by atoms with Crippen LogP contribution in [0.4, 0.5) is 0 Å². The summed E-state index contributed by atoms with van der Waals surface area (Å²) < 4.78 is 2.09. The second-order valence-electron chi connectivity index (χ2n) is 15.1. The van der Waals surface area contributed by atoms with Gasteiger partial charge in [0.15, 0.2) is 40.8 Å². The quantitative estimate of drug-likeness (QED) is 0.144. The highest BCUT2D eigenvalue weighted by Crippen LogP contribution is 2.38. The van der Waals surface area contributed by atoms with Gasteiger partial charge in [-0.3, -0.25) is 0 Å². The summed E-state index contributed by atoms with van der Waals surface area (Å²) in [5, 5.41) is 21.8. The molecule has 4 heterocycles. The maximum atomic E-state index is 10.7. The molecule has 0 saturated heterocycles. The van der Waals surface area contributed by atoms with Crippen molar-refractivity contribution in [3.63, 3.8) is 0 Å². The highest BCUT2D eigenvalue weighted by Gasteiger charge is 2.21. The Balaban J connectivity index is 1.14. The van der Waals surface area contributed by atoms with E-state index in [9.17, 15) is 10.5 Å². The van der Waals surface area contributed by atoms with Crippen LogP contribution in [0.3, 0.4) is 0 Å². The second kappa shape index (κ2) is 16.4. The monoisotopic (exact) mass is 833 g/mol. The molecule has 0 fully saturated rings. The Morgan fingerprint density at radius 2 is 0.692 bits per heavy atom. The molecule has 0 radical (unpaired) electrons. The van der Waals surface area contributed by atoms with Gasteiger partial charge < -0.3 is 4.57 Å². The fourth-order valence-corrected chi connectivity index (χ4v) is 7.93. The fourth-order valence-electron chi connectivity index (χ4n) is 7.93. The first-order chi connectivity index (χ1) is 32.1. The Kier molecular flexibility index (Phi) is 9.65. The van der Waals surface area contributed by atoms with Crippen LogP contribution in [0.25, 0.3) is 107 Å². The van der Waals surface area contributed by atoms with Crippen LogP contribution in [0.2, 0.25) is 0 Å². The molecule has 0 unspecified atom stereocenters. The van der Waals surface area contributed by atoms with Gasteiger partial charge in [-0.15, -0.1) is 0 Å². The van der Waals surface area contributed by atoms with E-state index in [1.807, 2.05) is 158 Å². The van der Waals surface area contributed by atoms with Crippen molar-refractivity contribution >= 4 is 21.8 Å². The summed E-state index contributed by atoms with van der Waals surface area (Å²) >= 11 is 0. The van der Waals surface area contributed by atoms with E-state index < -0.39 is 0 Å². The van der Waals surface area contributed by atoms with Gasteiger partial charge >= 0.3 is 0 Å². The number of rotatable bonds is 8. The minimum absolute atomic E-state index is 0.351. The summed E-state index contributed by atoms with van der Waals surface area (Å²) in [6.45, 7) is 0. The largest absolute Gasteiger partial charge is 0.308 e. The molecule has 7 aromatic carbocycles. The van der Waals surface area contributed by atoms with Gasteiger partial charge in [0.2, 0.25) is 0 Å². The van der Waals surface area contributed by atoms with E-state index in [0.29, 0.717) is 63.1 Å². The molecule has 11 rings (SSSR count). The van der Waals surface area contributed by atoms with Crippen LogP contribution in [0.5, 0.6) is 0 Å². The van der Waals surface area contributed by atoms with E-state index in [0.717, 1.165) is 55.2 Å². The predicted octanol–water partition coefficient (Wildman–Crippen LogP) is 11.4. The average molecular weight is 834 g/mol. The molecule has 11 heteroatoms. The Bertz CT molecular complexity index is 3360. The number of hydrogen-bond donors (Lipinski definition) is 0. The highest BCUT2D eigenvalue weighted by atomic mass is 15.0. The van der Waals surface area contributed by atoms with Gasteiger partial charge in [0.1, 0.15) is 12.1 Å². The van der Waals surface area contributed by atoms with E-state index in [4.69, 9.17) is 29.9 Å². The van der Waals surface area contributed by atoms with Crippen LogP contribution in [0.1, 0.15) is 11.1 Å². The molecular weight excluding hydrogens is 803 g/mol. The molecule has 0 aliphatic rings. The molecule has 65 heavy (non-hydrogen) atoms. The first-order valence-corrected chi connectivity index (χ1v) is 20.7. The highest BCUT2D eigenvalue weighted by molar-refractivity contribution is 6.11. The van der Waals surface area contributed by atoms with E-state index in [1.165, 1.54) is 12.4 Å². The van der Waals surface area contributed by atoms with Crippen LogP contribution in [0.15, 0.2) is 188 Å². The first kappa shape index (κ1) is 38.3. The number of fused-ring (bicyclic) bond motifs is 3. The van der Waals surface area contributed by atoms with Gasteiger partial charge in [-0.2, -0.15) is 10.5 Å². The molecule has 0 bridgehead atoms. The summed E-state index contributed by atoms with van der Waals surface area (Å²) in [7, 11) is 0. The van der Waals surface area contributed by atoms with Crippen LogP contribution in [-0.4, -0.2) is 44.4 Å². The zero-order valence-corrected chi connectivity index (χ0v) is 34.3. The molecule has 0 aliphatic heterocycles. The number of nitriles is 2. The fraction of sp³-hybridized carbons (Fsp3) is 0. The third-order valence-electron chi connectivity index (χ3n) is 11.1. The zero-order valence-electron chi connectivity index (χ0n) is 34.3. The Hall–Kier alpha value is -9.58. The minimum atomic E-state index is 0.351. The summed E-state index contributed by atoms with van der Waals surface area (Å²) in [5.41, 5.74) is 8.84. The molecule has 4 aromatic heterocycles. The number of aromatic nitrogens is 9. The van der Waals surface area contributed by atoms with Crippen molar-refractivity contribution in [3.8, 4) is 97.5 Å². The Morgan fingerprint density at radius 3 is 1.06 bits per heavy atom. The topological polar surface area (TPSA) is 156 Å². The summed E-state index contributed by atoms with van der Waals surface area (Å²) in [5.74, 6) is 3.67. The van der Waals surface area contributed by atoms with Gasteiger partial charge in [0, 0.05) is 62.1 Å². The summed E-state index contributed by atoms with van der Waals surface area (Å²) in [4.78, 5) is 38.8. The van der Waals surface area contributed by atoms with E-state index in [1.54, 1.807) is 6.07 Å². The third kappa shape index (κ3) is 7.27. The number of hydrogen-bond acceptors (Lipinski definition) is 10. The van der Waals surface area contributed by atoms with Crippen LogP contribution in [0, 0.1) is 22.7 Å². The molecule has 0 aliphatic carbocycles. The summed E-state index contributed by atoms with van der Waals surface area (Å²) in [6, 6.07) is 61.9. The molecule has 302 valence electrons. The van der Waals surface area contributed by atoms with Crippen LogP contribution >= 0.6 is 0 Å². The molecule has 0 atom stereocenters. The van der Waals surface area contributed by atoms with Crippen molar-refractivity contribution < 1.29 is 0 Å². The van der Waals surface area contributed by atoms with Crippen molar-refractivity contribution in [2.24, 2.45) is 0 Å². The van der Waals surface area contributed by atoms with Crippen molar-refractivity contribution in [1.82, 2.24) is 44.4 Å². The first-order valence-electron chi connectivity index (χ1n) is 20.7. The van der Waals surface area contributed by atoms with Crippen molar-refractivity contribution in [1.29, 1.82) is 10.5 Å². The lowest BCUT2D eigenvalue weighted by molar-refractivity contribution is 1.07. The molecular formula is C54H31N11. The van der Waals surface area contributed by atoms with Gasteiger partial charge in [-0.05, 0) is 54.6 Å².